The Morgan fingerprint density at radius 1 is 1.08 bits per heavy atom. The van der Waals surface area contributed by atoms with Crippen molar-refractivity contribution in [2.75, 3.05) is 11.9 Å². The number of rotatable bonds is 8. The topological polar surface area (TPSA) is 56.9 Å². The second-order valence-corrected chi connectivity index (χ2v) is 9.32. The maximum absolute atomic E-state index is 13.2. The molecule has 0 radical (unpaired) electrons. The van der Waals surface area contributed by atoms with Crippen LogP contribution in [0.5, 0.6) is 0 Å². The van der Waals surface area contributed by atoms with E-state index in [9.17, 15) is 13.2 Å². The Balaban J connectivity index is 1.51. The average molecular weight is 534 g/mol. The summed E-state index contributed by atoms with van der Waals surface area (Å²) in [5.41, 5.74) is 4.37. The van der Waals surface area contributed by atoms with Gasteiger partial charge in [0.25, 0.3) is 0 Å². The molecule has 38 heavy (non-hydrogen) atoms. The molecule has 194 valence electrons. The number of aromatic nitrogens is 2. The van der Waals surface area contributed by atoms with Gasteiger partial charge in [0.1, 0.15) is 0 Å². The van der Waals surface area contributed by atoms with E-state index in [1.165, 1.54) is 6.07 Å². The molecule has 0 bridgehead atoms. The first-order valence-corrected chi connectivity index (χ1v) is 12.4. The number of hydrogen-bond acceptors (Lipinski definition) is 3. The van der Waals surface area contributed by atoms with Gasteiger partial charge in [-0.2, -0.15) is 18.4 Å². The summed E-state index contributed by atoms with van der Waals surface area (Å²) in [6, 6.07) is 22.5. The third-order valence-electron chi connectivity index (χ3n) is 6.22. The zero-order valence-corrected chi connectivity index (χ0v) is 21.6. The zero-order valence-electron chi connectivity index (χ0n) is 20.7. The van der Waals surface area contributed by atoms with E-state index in [4.69, 9.17) is 17.5 Å². The molecule has 0 amide bonds. The molecule has 0 fully saturated rings. The molecule has 9 heteroatoms. The highest BCUT2D eigenvalue weighted by Crippen LogP contribution is 2.30. The molecule has 3 aromatic carbocycles. The van der Waals surface area contributed by atoms with E-state index in [-0.39, 0.29) is 5.69 Å². The van der Waals surface area contributed by atoms with E-state index in [0.717, 1.165) is 34.5 Å². The fourth-order valence-corrected chi connectivity index (χ4v) is 4.32. The van der Waals surface area contributed by atoms with Gasteiger partial charge in [0.2, 0.25) is 0 Å². The number of halogens is 3. The summed E-state index contributed by atoms with van der Waals surface area (Å²) >= 11 is 5.68. The van der Waals surface area contributed by atoms with Gasteiger partial charge in [-0.25, -0.2) is 4.98 Å². The fraction of sp³-hybridized carbons (Fsp3) is 0.207. The summed E-state index contributed by atoms with van der Waals surface area (Å²) in [7, 11) is 0. The van der Waals surface area contributed by atoms with Gasteiger partial charge in [0, 0.05) is 43.6 Å². The van der Waals surface area contributed by atoms with Crippen LogP contribution >= 0.6 is 12.2 Å². The van der Waals surface area contributed by atoms with Gasteiger partial charge >= 0.3 is 6.18 Å². The van der Waals surface area contributed by atoms with Crippen molar-refractivity contribution in [3.8, 4) is 6.07 Å². The highest BCUT2D eigenvalue weighted by Gasteiger charge is 2.30. The highest BCUT2D eigenvalue weighted by molar-refractivity contribution is 7.80. The predicted octanol–water partition coefficient (Wildman–Crippen LogP) is 6.57. The van der Waals surface area contributed by atoms with E-state index < -0.39 is 11.7 Å². The molecule has 0 unspecified atom stereocenters. The Bertz CT molecular complexity index is 1440. The molecule has 0 atom stereocenters. The lowest BCUT2D eigenvalue weighted by molar-refractivity contribution is -0.137. The number of benzene rings is 3. The molecule has 0 saturated carbocycles. The van der Waals surface area contributed by atoms with Crippen LogP contribution in [0.1, 0.15) is 33.5 Å². The van der Waals surface area contributed by atoms with E-state index in [0.29, 0.717) is 36.7 Å². The van der Waals surface area contributed by atoms with Crippen molar-refractivity contribution < 1.29 is 13.2 Å². The van der Waals surface area contributed by atoms with Crippen molar-refractivity contribution in [3.05, 3.63) is 119 Å². The van der Waals surface area contributed by atoms with Gasteiger partial charge in [0.05, 0.1) is 23.5 Å². The van der Waals surface area contributed by atoms with Crippen molar-refractivity contribution in [2.45, 2.75) is 32.6 Å². The first-order valence-electron chi connectivity index (χ1n) is 12.0. The SMILES string of the molecule is Cc1ccccc1CN(CCc1cncn1Cc1ccc(C#N)cc1)C(=S)Nc1cccc(C(F)(F)F)c1. The number of nitrogens with one attached hydrogen (secondary N) is 1. The number of alkyl halides is 3. The Hall–Kier alpha value is -4.16. The third kappa shape index (κ3) is 6.99. The Morgan fingerprint density at radius 3 is 2.55 bits per heavy atom. The van der Waals surface area contributed by atoms with Gasteiger partial charge < -0.3 is 14.8 Å². The molecule has 1 N–H and O–H groups in total. The predicted molar refractivity (Wildman–Crippen MR) is 145 cm³/mol. The first-order chi connectivity index (χ1) is 18.2. The van der Waals surface area contributed by atoms with Gasteiger partial charge in [-0.3, -0.25) is 0 Å². The van der Waals surface area contributed by atoms with Crippen molar-refractivity contribution in [2.24, 2.45) is 0 Å². The van der Waals surface area contributed by atoms with Crippen molar-refractivity contribution in [1.29, 1.82) is 5.26 Å². The lowest BCUT2D eigenvalue weighted by atomic mass is 10.1. The first kappa shape index (κ1) is 26.9. The van der Waals surface area contributed by atoms with Crippen LogP contribution in [0.15, 0.2) is 85.3 Å². The summed E-state index contributed by atoms with van der Waals surface area (Å²) in [5.74, 6) is 0. The number of aryl methyl sites for hydroxylation is 1. The average Bonchev–Trinajstić information content (AvgIpc) is 3.34. The number of anilines is 1. The van der Waals surface area contributed by atoms with Crippen LogP contribution in [0, 0.1) is 18.3 Å². The van der Waals surface area contributed by atoms with E-state index >= 15 is 0 Å². The minimum atomic E-state index is -4.44. The van der Waals surface area contributed by atoms with Crippen LogP contribution in [-0.4, -0.2) is 26.1 Å². The fourth-order valence-electron chi connectivity index (χ4n) is 4.05. The van der Waals surface area contributed by atoms with E-state index in [2.05, 4.69) is 16.4 Å². The molecule has 0 aliphatic carbocycles. The van der Waals surface area contributed by atoms with Gasteiger partial charge in [-0.15, -0.1) is 0 Å². The smallest absolute Gasteiger partial charge is 0.344 e. The molecule has 4 rings (SSSR count). The van der Waals surface area contributed by atoms with Gasteiger partial charge in [-0.1, -0.05) is 42.5 Å². The lowest BCUT2D eigenvalue weighted by Gasteiger charge is -2.27. The number of imidazole rings is 1. The van der Waals surface area contributed by atoms with Crippen LogP contribution in [0.2, 0.25) is 0 Å². The van der Waals surface area contributed by atoms with E-state index in [1.54, 1.807) is 30.7 Å². The van der Waals surface area contributed by atoms with Crippen molar-refractivity contribution in [3.63, 3.8) is 0 Å². The van der Waals surface area contributed by atoms with E-state index in [1.807, 2.05) is 52.8 Å². The van der Waals surface area contributed by atoms with Crippen molar-refractivity contribution in [1.82, 2.24) is 14.5 Å². The third-order valence-corrected chi connectivity index (χ3v) is 6.58. The lowest BCUT2D eigenvalue weighted by Crippen LogP contribution is -2.36. The molecule has 1 aromatic heterocycles. The normalized spacial score (nSPS) is 11.1. The Morgan fingerprint density at radius 2 is 1.84 bits per heavy atom. The molecule has 1 heterocycles. The highest BCUT2D eigenvalue weighted by atomic mass is 32.1. The molecule has 0 saturated heterocycles. The monoisotopic (exact) mass is 533 g/mol. The Kier molecular flexibility index (Phi) is 8.44. The van der Waals surface area contributed by atoms with Crippen LogP contribution in [-0.2, 0) is 25.7 Å². The van der Waals surface area contributed by atoms with Crippen LogP contribution < -0.4 is 5.32 Å². The summed E-state index contributed by atoms with van der Waals surface area (Å²) in [4.78, 5) is 6.27. The van der Waals surface area contributed by atoms with Crippen molar-refractivity contribution >= 4 is 23.0 Å². The minimum Gasteiger partial charge on any atom is -0.344 e. The number of thiocarbonyl (C=S) groups is 1. The largest absolute Gasteiger partial charge is 0.416 e. The summed E-state index contributed by atoms with van der Waals surface area (Å²) in [6.07, 6.45) is -0.253. The maximum atomic E-state index is 13.2. The molecule has 0 spiro atoms. The summed E-state index contributed by atoms with van der Waals surface area (Å²) in [6.45, 7) is 3.65. The van der Waals surface area contributed by atoms with Crippen LogP contribution in [0.4, 0.5) is 18.9 Å². The number of nitriles is 1. The molecule has 5 nitrogen and oxygen atoms in total. The number of hydrogen-bond donors (Lipinski definition) is 1. The molecule has 0 aliphatic rings. The van der Waals surface area contributed by atoms with Crippen LogP contribution in [0.25, 0.3) is 0 Å². The second kappa shape index (κ2) is 11.9. The molecular formula is C29H26F3N5S. The van der Waals surface area contributed by atoms with Gasteiger partial charge in [-0.05, 0) is 66.2 Å². The molecular weight excluding hydrogens is 507 g/mol. The molecule has 0 aliphatic heterocycles. The summed E-state index contributed by atoms with van der Waals surface area (Å²) in [5, 5.41) is 12.4. The molecule has 4 aromatic rings. The van der Waals surface area contributed by atoms with Crippen LogP contribution in [0.3, 0.4) is 0 Å². The Labute approximate surface area is 225 Å². The number of nitrogens with zero attached hydrogens (tertiary/aromatic N) is 4. The van der Waals surface area contributed by atoms with Gasteiger partial charge in [0.15, 0.2) is 5.11 Å². The quantitative estimate of drug-likeness (QED) is 0.260. The summed E-state index contributed by atoms with van der Waals surface area (Å²) < 4.78 is 41.7. The zero-order chi connectivity index (χ0) is 27.1. The minimum absolute atomic E-state index is 0.283. The standard InChI is InChI=1S/C29H26F3N5S/c1-21-5-2-3-6-24(21)19-36(28(38)35-26-8-4-7-25(15-26)29(30,31)32)14-13-27-17-34-20-37(27)18-23-11-9-22(16-33)10-12-23/h2-12,15,17,20H,13-14,18-19H2,1H3,(H,35,38). The second-order valence-electron chi connectivity index (χ2n) is 8.93. The maximum Gasteiger partial charge on any atom is 0.416 e.